The summed E-state index contributed by atoms with van der Waals surface area (Å²) in [5, 5.41) is 0.148. The average Bonchev–Trinajstić information content (AvgIpc) is 2.43. The Morgan fingerprint density at radius 1 is 1.11 bits per heavy atom. The van der Waals surface area contributed by atoms with Crippen LogP contribution in [0.2, 0.25) is 0 Å². The van der Waals surface area contributed by atoms with E-state index in [-0.39, 0.29) is 5.12 Å². The molecule has 0 aliphatic rings. The number of hydrogen-bond acceptors (Lipinski definition) is 5. The molecule has 0 N–H and O–H groups in total. The monoisotopic (exact) mass is 270 g/mol. The molecule has 0 atom stereocenters. The minimum absolute atomic E-state index is 0.148. The van der Waals surface area contributed by atoms with Gasteiger partial charge in [-0.3, -0.25) is 4.79 Å². The smallest absolute Gasteiger partial charge is 0.188 e. The highest BCUT2D eigenvalue weighted by molar-refractivity contribution is 8.12. The van der Waals surface area contributed by atoms with Gasteiger partial charge in [0.15, 0.2) is 5.12 Å². The molecule has 0 radical (unpaired) electrons. The van der Waals surface area contributed by atoms with Gasteiger partial charge in [-0.05, 0) is 0 Å². The van der Waals surface area contributed by atoms with Crippen LogP contribution in [0, 0.1) is 0 Å². The highest BCUT2D eigenvalue weighted by Gasteiger charge is 2.14. The third-order valence-corrected chi connectivity index (χ3v) is 3.53. The van der Waals surface area contributed by atoms with Crippen molar-refractivity contribution in [3.8, 4) is 17.2 Å². The summed E-state index contributed by atoms with van der Waals surface area (Å²) >= 11 is 1.26. The molecule has 18 heavy (non-hydrogen) atoms. The first-order valence-corrected chi connectivity index (χ1v) is 6.59. The molecule has 1 rings (SSSR count). The van der Waals surface area contributed by atoms with Gasteiger partial charge in [0.1, 0.15) is 17.2 Å². The standard InChI is InChI=1S/C13H18O4S/c1-5-13(14)18-8-10-11(16-3)6-9(15-2)7-12(10)17-4/h6-7H,5,8H2,1-4H3. The largest absolute Gasteiger partial charge is 0.496 e. The number of ether oxygens (including phenoxy) is 3. The van der Waals surface area contributed by atoms with Crippen LogP contribution in [-0.2, 0) is 10.5 Å². The van der Waals surface area contributed by atoms with Gasteiger partial charge in [0, 0.05) is 29.9 Å². The maximum Gasteiger partial charge on any atom is 0.188 e. The summed E-state index contributed by atoms with van der Waals surface area (Å²) in [4.78, 5) is 11.4. The van der Waals surface area contributed by atoms with Crippen LogP contribution in [0.15, 0.2) is 12.1 Å². The molecule has 0 saturated carbocycles. The van der Waals surface area contributed by atoms with Crippen molar-refractivity contribution in [3.05, 3.63) is 17.7 Å². The second-order valence-corrected chi connectivity index (χ2v) is 4.56. The van der Waals surface area contributed by atoms with Crippen molar-refractivity contribution in [2.75, 3.05) is 21.3 Å². The molecular formula is C13H18O4S. The molecule has 0 amide bonds. The SMILES string of the molecule is CCC(=O)SCc1c(OC)cc(OC)cc1OC. The van der Waals surface area contributed by atoms with E-state index in [0.717, 1.165) is 5.56 Å². The van der Waals surface area contributed by atoms with Crippen LogP contribution >= 0.6 is 11.8 Å². The lowest BCUT2D eigenvalue weighted by molar-refractivity contribution is -0.110. The van der Waals surface area contributed by atoms with E-state index >= 15 is 0 Å². The number of carbonyl (C=O) groups excluding carboxylic acids is 1. The molecule has 0 aromatic heterocycles. The maximum absolute atomic E-state index is 11.4. The van der Waals surface area contributed by atoms with Gasteiger partial charge in [0.25, 0.3) is 0 Å². The van der Waals surface area contributed by atoms with Crippen molar-refractivity contribution in [1.29, 1.82) is 0 Å². The Balaban J connectivity index is 3.03. The van der Waals surface area contributed by atoms with E-state index in [9.17, 15) is 4.79 Å². The van der Waals surface area contributed by atoms with Gasteiger partial charge < -0.3 is 14.2 Å². The van der Waals surface area contributed by atoms with Gasteiger partial charge in [-0.15, -0.1) is 0 Å². The normalized spacial score (nSPS) is 10.0. The number of methoxy groups -OCH3 is 3. The van der Waals surface area contributed by atoms with Crippen LogP contribution in [0.25, 0.3) is 0 Å². The molecule has 5 heteroatoms. The Morgan fingerprint density at radius 2 is 1.67 bits per heavy atom. The molecule has 0 unspecified atom stereocenters. The molecule has 0 bridgehead atoms. The summed E-state index contributed by atoms with van der Waals surface area (Å²) in [6.45, 7) is 1.85. The molecule has 0 aliphatic heterocycles. The highest BCUT2D eigenvalue weighted by atomic mass is 32.2. The molecule has 1 aromatic rings. The molecule has 1 aromatic carbocycles. The van der Waals surface area contributed by atoms with Crippen LogP contribution in [-0.4, -0.2) is 26.4 Å². The minimum Gasteiger partial charge on any atom is -0.496 e. The van der Waals surface area contributed by atoms with E-state index in [1.54, 1.807) is 33.5 Å². The first kappa shape index (κ1) is 14.7. The second kappa shape index (κ2) is 7.16. The Hall–Kier alpha value is -1.36. The summed E-state index contributed by atoms with van der Waals surface area (Å²) in [6.07, 6.45) is 0.519. The lowest BCUT2D eigenvalue weighted by Gasteiger charge is -2.14. The summed E-state index contributed by atoms with van der Waals surface area (Å²) < 4.78 is 15.8. The van der Waals surface area contributed by atoms with Crippen molar-refractivity contribution >= 4 is 16.9 Å². The summed E-state index contributed by atoms with van der Waals surface area (Å²) in [7, 11) is 4.76. The summed E-state index contributed by atoms with van der Waals surface area (Å²) in [5.74, 6) is 2.53. The molecule has 0 aliphatic carbocycles. The van der Waals surface area contributed by atoms with Crippen molar-refractivity contribution in [3.63, 3.8) is 0 Å². The number of carbonyl (C=O) groups is 1. The van der Waals surface area contributed by atoms with E-state index in [1.807, 2.05) is 6.92 Å². The van der Waals surface area contributed by atoms with E-state index in [2.05, 4.69) is 0 Å². The molecule has 4 nitrogen and oxygen atoms in total. The molecule has 0 spiro atoms. The third-order valence-electron chi connectivity index (χ3n) is 2.48. The average molecular weight is 270 g/mol. The lowest BCUT2D eigenvalue weighted by atomic mass is 10.2. The fraction of sp³-hybridized carbons (Fsp3) is 0.462. The summed E-state index contributed by atoms with van der Waals surface area (Å²) in [5.41, 5.74) is 0.868. The fourth-order valence-corrected chi connectivity index (χ4v) is 2.27. The number of benzene rings is 1. The molecule has 100 valence electrons. The predicted molar refractivity (Wildman–Crippen MR) is 72.7 cm³/mol. The zero-order chi connectivity index (χ0) is 13.5. The van der Waals surface area contributed by atoms with Crippen LogP contribution < -0.4 is 14.2 Å². The van der Waals surface area contributed by atoms with Crippen molar-refractivity contribution in [1.82, 2.24) is 0 Å². The van der Waals surface area contributed by atoms with Gasteiger partial charge in [0.05, 0.1) is 21.3 Å². The summed E-state index contributed by atoms with van der Waals surface area (Å²) in [6, 6.07) is 3.57. The first-order valence-electron chi connectivity index (χ1n) is 5.60. The van der Waals surface area contributed by atoms with E-state index in [4.69, 9.17) is 14.2 Å². The van der Waals surface area contributed by atoms with Crippen molar-refractivity contribution in [2.24, 2.45) is 0 Å². The second-order valence-electron chi connectivity index (χ2n) is 3.52. The molecule has 0 heterocycles. The number of hydrogen-bond donors (Lipinski definition) is 0. The van der Waals surface area contributed by atoms with Gasteiger partial charge >= 0.3 is 0 Å². The predicted octanol–water partition coefficient (Wildman–Crippen LogP) is 2.88. The van der Waals surface area contributed by atoms with Gasteiger partial charge in [-0.1, -0.05) is 18.7 Å². The number of thioether (sulfide) groups is 1. The zero-order valence-electron chi connectivity index (χ0n) is 11.1. The molecule has 0 fully saturated rings. The first-order chi connectivity index (χ1) is 8.65. The van der Waals surface area contributed by atoms with Crippen molar-refractivity contribution in [2.45, 2.75) is 19.1 Å². The Kier molecular flexibility index (Phi) is 5.85. The van der Waals surface area contributed by atoms with E-state index in [1.165, 1.54) is 11.8 Å². The highest BCUT2D eigenvalue weighted by Crippen LogP contribution is 2.36. The van der Waals surface area contributed by atoms with Gasteiger partial charge in [-0.2, -0.15) is 0 Å². The quantitative estimate of drug-likeness (QED) is 0.795. The Morgan fingerprint density at radius 3 is 2.06 bits per heavy atom. The Bertz CT molecular complexity index is 392. The Labute approximate surface area is 112 Å². The van der Waals surface area contributed by atoms with Crippen LogP contribution in [0.1, 0.15) is 18.9 Å². The minimum atomic E-state index is 0.148. The van der Waals surface area contributed by atoms with Gasteiger partial charge in [0.2, 0.25) is 0 Å². The third kappa shape index (κ3) is 3.57. The van der Waals surface area contributed by atoms with Crippen LogP contribution in [0.3, 0.4) is 0 Å². The fourth-order valence-electron chi connectivity index (χ4n) is 1.47. The lowest BCUT2D eigenvalue weighted by Crippen LogP contribution is -1.99. The maximum atomic E-state index is 11.4. The van der Waals surface area contributed by atoms with Crippen molar-refractivity contribution < 1.29 is 19.0 Å². The van der Waals surface area contributed by atoms with E-state index < -0.39 is 0 Å². The van der Waals surface area contributed by atoms with E-state index in [0.29, 0.717) is 29.4 Å². The zero-order valence-corrected chi connectivity index (χ0v) is 11.9. The topological polar surface area (TPSA) is 44.8 Å². The van der Waals surface area contributed by atoms with Crippen LogP contribution in [0.5, 0.6) is 17.2 Å². The number of rotatable bonds is 6. The van der Waals surface area contributed by atoms with Crippen LogP contribution in [0.4, 0.5) is 0 Å². The molecule has 0 saturated heterocycles. The van der Waals surface area contributed by atoms with Gasteiger partial charge in [-0.25, -0.2) is 0 Å². The molecular weight excluding hydrogens is 252 g/mol.